The van der Waals surface area contributed by atoms with Gasteiger partial charge in [0.05, 0.1) is 32.4 Å². The van der Waals surface area contributed by atoms with Crippen LogP contribution in [0.15, 0.2) is 82.2 Å². The molecule has 0 saturated carbocycles. The van der Waals surface area contributed by atoms with E-state index in [0.29, 0.717) is 10.9 Å². The summed E-state index contributed by atoms with van der Waals surface area (Å²) in [6.45, 7) is 2.04. The van der Waals surface area contributed by atoms with E-state index in [0.717, 1.165) is 55.3 Å². The van der Waals surface area contributed by atoms with E-state index in [4.69, 9.17) is 28.6 Å². The average molecular weight is 485 g/mol. The maximum absolute atomic E-state index is 6.20. The molecule has 0 aliphatic rings. The van der Waals surface area contributed by atoms with E-state index in [1.165, 1.54) is 11.3 Å². The van der Waals surface area contributed by atoms with Crippen LogP contribution in [0.25, 0.3) is 33.6 Å². The Kier molecular flexibility index (Phi) is 6.25. The number of fused-ring (bicyclic) bond motifs is 1. The number of hydrogen-bond donors (Lipinski definition) is 0. The lowest BCUT2D eigenvalue weighted by atomic mass is 10.1. The highest BCUT2D eigenvalue weighted by Crippen LogP contribution is 2.38. The number of aryl methyl sites for hydroxylation is 1. The maximum atomic E-state index is 6.20. The summed E-state index contributed by atoms with van der Waals surface area (Å²) in [6.07, 6.45) is 0. The fourth-order valence-corrected chi connectivity index (χ4v) is 4.69. The zero-order chi connectivity index (χ0) is 24.4. The quantitative estimate of drug-likeness (QED) is 0.265. The summed E-state index contributed by atoms with van der Waals surface area (Å²) in [7, 11) is 4.93. The van der Waals surface area contributed by atoms with Gasteiger partial charge in [-0.15, -0.1) is 0 Å². The Labute approximate surface area is 207 Å². The van der Waals surface area contributed by atoms with Crippen LogP contribution in [0.5, 0.6) is 17.2 Å². The van der Waals surface area contributed by atoms with Crippen LogP contribution in [0.2, 0.25) is 0 Å². The van der Waals surface area contributed by atoms with Gasteiger partial charge >= 0.3 is 0 Å². The predicted octanol–water partition coefficient (Wildman–Crippen LogP) is 6.79. The Bertz CT molecular complexity index is 1570. The number of thiazole rings is 1. The summed E-state index contributed by atoms with van der Waals surface area (Å²) in [5.74, 6) is 2.94. The molecule has 0 bridgehead atoms. The number of aromatic nitrogens is 1. The summed E-state index contributed by atoms with van der Waals surface area (Å²) in [5, 5.41) is 2.37. The molecule has 0 aliphatic carbocycles. The third-order valence-corrected chi connectivity index (χ3v) is 6.56. The second-order valence-electron chi connectivity index (χ2n) is 7.80. The predicted molar refractivity (Wildman–Crippen MR) is 139 cm³/mol. The Balaban J connectivity index is 1.64. The molecule has 0 aliphatic heterocycles. The Hall–Kier alpha value is -4.10. The Morgan fingerprint density at radius 3 is 2.31 bits per heavy atom. The molecular weight excluding hydrogens is 460 g/mol. The van der Waals surface area contributed by atoms with Crippen molar-refractivity contribution < 1.29 is 18.6 Å². The van der Waals surface area contributed by atoms with Gasteiger partial charge in [-0.1, -0.05) is 23.5 Å². The van der Waals surface area contributed by atoms with Gasteiger partial charge in [0.15, 0.2) is 0 Å². The Morgan fingerprint density at radius 1 is 0.829 bits per heavy atom. The zero-order valence-corrected chi connectivity index (χ0v) is 20.7. The van der Waals surface area contributed by atoms with Crippen molar-refractivity contribution in [2.24, 2.45) is 4.99 Å². The minimum atomic E-state index is 0.660. The van der Waals surface area contributed by atoms with E-state index in [9.17, 15) is 0 Å². The molecule has 6 nitrogen and oxygen atoms in total. The SMILES string of the molecule is COc1ccc(-c2cc(=Nc3nc(-c4ccc(OC)cc4OC)c(C)s3)c3ccccc3o2)cc1. The van der Waals surface area contributed by atoms with Crippen molar-refractivity contribution in [3.63, 3.8) is 0 Å². The first-order chi connectivity index (χ1) is 17.1. The van der Waals surface area contributed by atoms with Gasteiger partial charge < -0.3 is 18.6 Å². The largest absolute Gasteiger partial charge is 0.497 e. The topological polar surface area (TPSA) is 66.1 Å². The fourth-order valence-electron chi connectivity index (χ4n) is 3.88. The molecule has 35 heavy (non-hydrogen) atoms. The third kappa shape index (κ3) is 4.50. The van der Waals surface area contributed by atoms with Gasteiger partial charge in [0, 0.05) is 33.5 Å². The van der Waals surface area contributed by atoms with Gasteiger partial charge in [0.1, 0.15) is 28.6 Å². The molecule has 0 N–H and O–H groups in total. The highest BCUT2D eigenvalue weighted by atomic mass is 32.1. The number of ether oxygens (including phenoxy) is 3. The molecule has 176 valence electrons. The number of para-hydroxylation sites is 1. The Morgan fingerprint density at radius 2 is 1.57 bits per heavy atom. The van der Waals surface area contributed by atoms with Crippen LogP contribution >= 0.6 is 11.3 Å². The van der Waals surface area contributed by atoms with Gasteiger partial charge in [-0.2, -0.15) is 0 Å². The van der Waals surface area contributed by atoms with E-state index in [1.54, 1.807) is 21.3 Å². The summed E-state index contributed by atoms with van der Waals surface area (Å²) < 4.78 is 22.4. The lowest BCUT2D eigenvalue weighted by molar-refractivity contribution is 0.395. The zero-order valence-electron chi connectivity index (χ0n) is 19.9. The molecule has 0 atom stereocenters. The summed E-state index contributed by atoms with van der Waals surface area (Å²) >= 11 is 1.54. The molecule has 0 spiro atoms. The van der Waals surface area contributed by atoms with Gasteiger partial charge in [-0.05, 0) is 55.5 Å². The standard InChI is InChI=1S/C28H24N2O4S/c1-17-27(22-14-13-20(32-3)15-26(22)33-4)30-28(35-17)29-23-16-25(18-9-11-19(31-2)12-10-18)34-24-8-6-5-7-21(23)24/h5-16H,1-4H3. The fraction of sp³-hybridized carbons (Fsp3) is 0.143. The minimum Gasteiger partial charge on any atom is -0.497 e. The highest BCUT2D eigenvalue weighted by molar-refractivity contribution is 7.15. The van der Waals surface area contributed by atoms with Crippen LogP contribution in [0.3, 0.4) is 0 Å². The number of nitrogens with zero attached hydrogens (tertiary/aromatic N) is 2. The number of benzene rings is 3. The molecule has 0 radical (unpaired) electrons. The second-order valence-corrected chi connectivity index (χ2v) is 8.98. The monoisotopic (exact) mass is 484 g/mol. The first kappa shape index (κ1) is 22.7. The van der Waals surface area contributed by atoms with Gasteiger partial charge in [0.25, 0.3) is 0 Å². The van der Waals surface area contributed by atoms with Crippen molar-refractivity contribution in [2.45, 2.75) is 6.92 Å². The van der Waals surface area contributed by atoms with Crippen molar-refractivity contribution in [2.75, 3.05) is 21.3 Å². The van der Waals surface area contributed by atoms with E-state index < -0.39 is 0 Å². The number of rotatable bonds is 6. The first-order valence-corrected chi connectivity index (χ1v) is 11.8. The van der Waals surface area contributed by atoms with Gasteiger partial charge in [-0.25, -0.2) is 9.98 Å². The van der Waals surface area contributed by atoms with E-state index in [2.05, 4.69) is 0 Å². The summed E-state index contributed by atoms with van der Waals surface area (Å²) in [6, 6.07) is 23.3. The van der Waals surface area contributed by atoms with Crippen LogP contribution in [-0.2, 0) is 0 Å². The summed E-state index contributed by atoms with van der Waals surface area (Å²) in [4.78, 5) is 10.8. The smallest absolute Gasteiger partial charge is 0.210 e. The molecule has 5 rings (SSSR count). The maximum Gasteiger partial charge on any atom is 0.210 e. The van der Waals surface area contributed by atoms with Crippen LogP contribution in [0.4, 0.5) is 5.13 Å². The lowest BCUT2D eigenvalue weighted by Gasteiger charge is -2.09. The van der Waals surface area contributed by atoms with Crippen molar-refractivity contribution in [1.29, 1.82) is 0 Å². The van der Waals surface area contributed by atoms with Gasteiger partial charge in [-0.3, -0.25) is 0 Å². The van der Waals surface area contributed by atoms with E-state index in [1.807, 2.05) is 79.7 Å². The van der Waals surface area contributed by atoms with Crippen LogP contribution < -0.4 is 19.6 Å². The van der Waals surface area contributed by atoms with Crippen LogP contribution in [0, 0.1) is 6.92 Å². The minimum absolute atomic E-state index is 0.660. The van der Waals surface area contributed by atoms with Crippen molar-refractivity contribution in [3.8, 4) is 39.8 Å². The molecule has 0 unspecified atom stereocenters. The van der Waals surface area contributed by atoms with E-state index in [-0.39, 0.29) is 0 Å². The third-order valence-electron chi connectivity index (χ3n) is 5.69. The first-order valence-electron chi connectivity index (χ1n) is 11.0. The average Bonchev–Trinajstić information content (AvgIpc) is 3.27. The molecule has 3 aromatic carbocycles. The lowest BCUT2D eigenvalue weighted by Crippen LogP contribution is -2.03. The van der Waals surface area contributed by atoms with Crippen molar-refractivity contribution in [1.82, 2.24) is 4.98 Å². The van der Waals surface area contributed by atoms with Crippen LogP contribution in [-0.4, -0.2) is 26.3 Å². The van der Waals surface area contributed by atoms with Crippen molar-refractivity contribution >= 4 is 27.4 Å². The molecule has 0 saturated heterocycles. The number of hydrogen-bond acceptors (Lipinski definition) is 7. The molecular formula is C28H24N2O4S. The van der Waals surface area contributed by atoms with E-state index >= 15 is 0 Å². The highest BCUT2D eigenvalue weighted by Gasteiger charge is 2.15. The molecule has 2 heterocycles. The molecule has 0 amide bonds. The normalized spacial score (nSPS) is 11.6. The second kappa shape index (κ2) is 9.64. The van der Waals surface area contributed by atoms with Crippen molar-refractivity contribution in [3.05, 3.63) is 83.0 Å². The van der Waals surface area contributed by atoms with Gasteiger partial charge in [0.2, 0.25) is 5.13 Å². The molecule has 5 aromatic rings. The molecule has 0 fully saturated rings. The number of methoxy groups -OCH3 is 3. The van der Waals surface area contributed by atoms with Crippen LogP contribution in [0.1, 0.15) is 4.88 Å². The molecule has 2 aromatic heterocycles. The summed E-state index contributed by atoms with van der Waals surface area (Å²) in [5.41, 5.74) is 3.43. The molecule has 7 heteroatoms.